The van der Waals surface area contributed by atoms with Gasteiger partial charge in [0.25, 0.3) is 7.41 Å². The smallest absolute Gasteiger partial charge is 0.296 e. The second-order valence-electron chi connectivity index (χ2n) is 3.45. The minimum Gasteiger partial charge on any atom is -0.523 e. The maximum atomic E-state index is 2.26. The van der Waals surface area contributed by atoms with E-state index in [2.05, 4.69) is 42.4 Å². The van der Waals surface area contributed by atoms with E-state index in [9.17, 15) is 0 Å². The molecule has 0 unspecified atom stereocenters. The van der Waals surface area contributed by atoms with Crippen molar-refractivity contribution in [1.29, 1.82) is 0 Å². The van der Waals surface area contributed by atoms with Crippen molar-refractivity contribution in [2.75, 3.05) is 21.1 Å². The van der Waals surface area contributed by atoms with Crippen molar-refractivity contribution in [3.63, 3.8) is 0 Å². The molecule has 0 atom stereocenters. The highest BCUT2D eigenvalue weighted by molar-refractivity contribution is 6.34. The zero-order valence-electron chi connectivity index (χ0n) is 7.23. The molecule has 0 rings (SSSR count). The van der Waals surface area contributed by atoms with Crippen LogP contribution in [0, 0.1) is 5.82 Å². The van der Waals surface area contributed by atoms with Gasteiger partial charge < -0.3 is 4.39 Å². The molecule has 0 bridgehead atoms. The van der Waals surface area contributed by atoms with E-state index in [-0.39, 0.29) is 0 Å². The van der Waals surface area contributed by atoms with Gasteiger partial charge in [0.05, 0.1) is 0 Å². The van der Waals surface area contributed by atoms with Gasteiger partial charge in [0, 0.05) is 34.5 Å². The maximum Gasteiger partial charge on any atom is 0.296 e. The lowest BCUT2D eigenvalue weighted by molar-refractivity contribution is -0.755. The maximum absolute atomic E-state index is 2.26. The summed E-state index contributed by atoms with van der Waals surface area (Å²) in [5.41, 5.74) is 0. The van der Waals surface area contributed by atoms with Crippen LogP contribution < -0.4 is 0 Å². The Balaban J connectivity index is 3.47. The minimum absolute atomic E-state index is 0.930. The van der Waals surface area contributed by atoms with Crippen molar-refractivity contribution < 1.29 is 4.39 Å². The highest BCUT2D eigenvalue weighted by Gasteiger charge is 2.10. The number of hydrogen-bond acceptors (Lipinski definition) is 0. The van der Waals surface area contributed by atoms with Gasteiger partial charge in [-0.3, -0.25) is 0 Å². The van der Waals surface area contributed by atoms with Gasteiger partial charge >= 0.3 is 0 Å². The zero-order valence-corrected chi connectivity index (χ0v) is 7.23. The molecule has 0 spiro atoms. The Kier molecular flexibility index (Phi) is 3.13. The molecule has 0 heterocycles. The molecule has 0 aromatic heterocycles. The molecule has 0 aliphatic rings. The molecule has 0 aliphatic heterocycles. The quantitative estimate of drug-likeness (QED) is 0.394. The van der Waals surface area contributed by atoms with E-state index in [1.165, 1.54) is 5.82 Å². The highest BCUT2D eigenvalue weighted by Crippen LogP contribution is 2.04. The lowest BCUT2D eigenvalue weighted by Gasteiger charge is -2.33. The molecule has 0 fully saturated rings. The molecule has 9 heavy (non-hydrogen) atoms. The van der Waals surface area contributed by atoms with Crippen LogP contribution in [0.15, 0.2) is 0 Å². The number of hydrogen-bond donors (Lipinski definition) is 0. The van der Waals surface area contributed by atoms with Crippen molar-refractivity contribution in [3.8, 4) is 0 Å². The predicted molar refractivity (Wildman–Crippen MR) is 43.0 cm³/mol. The van der Waals surface area contributed by atoms with Crippen LogP contribution in [-0.4, -0.2) is 33.0 Å². The monoisotopic (exact) mass is 126 g/mol. The average molecular weight is 126 g/mol. The first-order chi connectivity index (χ1) is 3.95. The summed E-state index contributed by atoms with van der Waals surface area (Å²) < 4.78 is 0.930. The molecule has 1 nitrogen and oxygen atoms in total. The third-order valence-corrected chi connectivity index (χ3v) is 1.17. The van der Waals surface area contributed by atoms with Gasteiger partial charge in [0.1, 0.15) is 0 Å². The molecule has 2 radical (unpaired) electrons. The van der Waals surface area contributed by atoms with Crippen LogP contribution in [0.1, 0.15) is 20.3 Å². The normalized spacial score (nSPS) is 11.7. The summed E-state index contributed by atoms with van der Waals surface area (Å²) in [7, 11) is 8.76. The lowest BCUT2D eigenvalue weighted by Crippen LogP contribution is -2.41. The third kappa shape index (κ3) is 5.77. The summed E-state index contributed by atoms with van der Waals surface area (Å²) in [6, 6.07) is 0. The molecule has 2 heteroatoms. The van der Waals surface area contributed by atoms with Gasteiger partial charge in [0.15, 0.2) is 0 Å². The van der Waals surface area contributed by atoms with Crippen LogP contribution in [0.2, 0.25) is 0 Å². The van der Waals surface area contributed by atoms with E-state index >= 15 is 0 Å². The van der Waals surface area contributed by atoms with Gasteiger partial charge in [-0.05, 0) is 6.92 Å². The molecule has 0 amide bonds. The van der Waals surface area contributed by atoms with Crippen molar-refractivity contribution in [1.82, 2.24) is 0 Å². The average Bonchev–Trinajstić information content (AvgIpc) is 1.62. The summed E-state index contributed by atoms with van der Waals surface area (Å²) in [5, 5.41) is 0. The van der Waals surface area contributed by atoms with E-state index in [1.54, 1.807) is 0 Å². The molecule has 0 aromatic carbocycles. The molecule has 0 aromatic rings. The summed E-state index contributed by atoms with van der Waals surface area (Å²) >= 11 is 0. The van der Waals surface area contributed by atoms with Crippen molar-refractivity contribution in [2.24, 2.45) is 0 Å². The fourth-order valence-corrected chi connectivity index (χ4v) is 0.752. The topological polar surface area (TPSA) is 0 Å². The van der Waals surface area contributed by atoms with E-state index in [1.807, 2.05) is 0 Å². The molecule has 0 N–H and O–H groups in total. The lowest BCUT2D eigenvalue weighted by atomic mass is 9.72. The summed E-state index contributed by atoms with van der Waals surface area (Å²) in [5.74, 6) is 1.46. The SMILES string of the molecule is CC[C+](C)[B-][N+](C)(C)C. The number of quaternary nitrogens is 1. The van der Waals surface area contributed by atoms with E-state index in [0.717, 1.165) is 10.8 Å². The summed E-state index contributed by atoms with van der Waals surface area (Å²) in [6.45, 7) is 4.35. The van der Waals surface area contributed by atoms with Gasteiger partial charge in [-0.15, -0.1) is 0 Å². The first kappa shape index (κ1) is 8.89. The van der Waals surface area contributed by atoms with Crippen LogP contribution in [0.25, 0.3) is 0 Å². The molecule has 0 saturated carbocycles. The largest absolute Gasteiger partial charge is 0.523 e. The molecular weight excluding hydrogens is 109 g/mol. The number of nitrogens with zero attached hydrogens (tertiary/aromatic N) is 1. The molecular formula is C7H17BN+. The fourth-order valence-electron chi connectivity index (χ4n) is 0.752. The second-order valence-corrected chi connectivity index (χ2v) is 3.45. The van der Waals surface area contributed by atoms with Gasteiger partial charge in [0.2, 0.25) is 0 Å². The van der Waals surface area contributed by atoms with Crippen molar-refractivity contribution >= 4 is 7.41 Å². The van der Waals surface area contributed by atoms with Crippen LogP contribution in [0.3, 0.4) is 0 Å². The van der Waals surface area contributed by atoms with Crippen molar-refractivity contribution in [3.05, 3.63) is 5.82 Å². The second kappa shape index (κ2) is 3.16. The van der Waals surface area contributed by atoms with Crippen LogP contribution >= 0.6 is 0 Å². The minimum atomic E-state index is 0.930. The molecule has 52 valence electrons. The third-order valence-electron chi connectivity index (χ3n) is 1.17. The predicted octanol–water partition coefficient (Wildman–Crippen LogP) is 1.27. The standard InChI is InChI=1S/C7H17BN/c1-6-7(2)8-9(3,4)5/h6H2,1-5H3/q+1. The van der Waals surface area contributed by atoms with E-state index in [4.69, 9.17) is 0 Å². The van der Waals surface area contributed by atoms with Gasteiger partial charge in [-0.2, -0.15) is 0 Å². The Bertz CT molecular complexity index is 75.5. The van der Waals surface area contributed by atoms with E-state index < -0.39 is 0 Å². The van der Waals surface area contributed by atoms with Gasteiger partial charge in [-0.1, -0.05) is 5.82 Å². The van der Waals surface area contributed by atoms with E-state index in [0.29, 0.717) is 0 Å². The van der Waals surface area contributed by atoms with Crippen LogP contribution in [0.4, 0.5) is 0 Å². The fraction of sp³-hybridized carbons (Fsp3) is 0.857. The van der Waals surface area contributed by atoms with Crippen LogP contribution in [0.5, 0.6) is 0 Å². The Morgan fingerprint density at radius 3 is 1.89 bits per heavy atom. The molecule has 0 aliphatic carbocycles. The highest BCUT2D eigenvalue weighted by atomic mass is 15.2. The number of rotatable bonds is 3. The van der Waals surface area contributed by atoms with Gasteiger partial charge in [-0.25, -0.2) is 0 Å². The molecule has 0 saturated heterocycles. The first-order valence-corrected chi connectivity index (χ1v) is 3.45. The Morgan fingerprint density at radius 1 is 1.33 bits per heavy atom. The Hall–Kier alpha value is -0.105. The van der Waals surface area contributed by atoms with Crippen molar-refractivity contribution in [2.45, 2.75) is 20.3 Å². The Morgan fingerprint density at radius 2 is 1.78 bits per heavy atom. The Labute approximate surface area is 59.9 Å². The first-order valence-electron chi connectivity index (χ1n) is 3.45. The summed E-state index contributed by atoms with van der Waals surface area (Å²) in [4.78, 5) is 0. The summed E-state index contributed by atoms with van der Waals surface area (Å²) in [6.07, 6.45) is 1.16. The van der Waals surface area contributed by atoms with Crippen LogP contribution in [-0.2, 0) is 0 Å². The zero-order chi connectivity index (χ0) is 7.49.